The van der Waals surface area contributed by atoms with Crippen LogP contribution in [0.25, 0.3) is 0 Å². The molecular formula is C8H16BClO3. The summed E-state index contributed by atoms with van der Waals surface area (Å²) < 4.78 is 10.3. The molecule has 0 aromatic rings. The normalized spacial score (nSPS) is 20.7. The molecule has 13 heavy (non-hydrogen) atoms. The Kier molecular flexibility index (Phi) is 5.97. The lowest BCUT2D eigenvalue weighted by molar-refractivity contribution is -0.116. The predicted octanol–water partition coefficient (Wildman–Crippen LogP) is 0.522. The summed E-state index contributed by atoms with van der Waals surface area (Å²) in [7, 11) is 7.12. The van der Waals surface area contributed by atoms with Gasteiger partial charge in [-0.2, -0.15) is 0 Å². The zero-order chi connectivity index (χ0) is 10.5. The molecular weight excluding hydrogens is 190 g/mol. The first-order valence-electron chi connectivity index (χ1n) is 4.12. The molecule has 0 aliphatic carbocycles. The third kappa shape index (κ3) is 4.86. The molecule has 0 saturated heterocycles. The van der Waals surface area contributed by atoms with Crippen molar-refractivity contribution in [1.82, 2.24) is 0 Å². The van der Waals surface area contributed by atoms with Gasteiger partial charge in [0.25, 0.3) is 0 Å². The van der Waals surface area contributed by atoms with Crippen molar-refractivity contribution in [3.05, 3.63) is 0 Å². The topological polar surface area (TPSA) is 38.7 Å². The molecule has 5 heteroatoms. The van der Waals surface area contributed by atoms with Crippen molar-refractivity contribution in [3.8, 4) is 0 Å². The zero-order valence-corrected chi connectivity index (χ0v) is 9.04. The van der Waals surface area contributed by atoms with Gasteiger partial charge >= 0.3 is 0 Å². The van der Waals surface area contributed by atoms with Crippen LogP contribution < -0.4 is 0 Å². The smallest absolute Gasteiger partial charge is 0.111 e. The molecule has 0 fully saturated rings. The van der Waals surface area contributed by atoms with Crippen molar-refractivity contribution in [3.63, 3.8) is 0 Å². The van der Waals surface area contributed by atoms with E-state index in [-0.39, 0.29) is 18.6 Å². The van der Waals surface area contributed by atoms with Gasteiger partial charge < -0.3 is 14.6 Å². The van der Waals surface area contributed by atoms with Gasteiger partial charge in [-0.15, -0.1) is 11.6 Å². The third-order valence-corrected chi connectivity index (χ3v) is 1.91. The second-order valence-corrected chi connectivity index (χ2v) is 3.99. The second kappa shape index (κ2) is 5.86. The highest BCUT2D eigenvalue weighted by Gasteiger charge is 2.27. The molecule has 3 nitrogen and oxygen atoms in total. The number of aliphatic hydroxyl groups is 1. The van der Waals surface area contributed by atoms with Crippen molar-refractivity contribution in [2.75, 3.05) is 20.3 Å². The Balaban J connectivity index is 4.09. The fourth-order valence-corrected chi connectivity index (χ4v) is 0.896. The van der Waals surface area contributed by atoms with E-state index < -0.39 is 11.6 Å². The van der Waals surface area contributed by atoms with Gasteiger partial charge in [0.15, 0.2) is 0 Å². The van der Waals surface area contributed by atoms with Gasteiger partial charge in [0, 0.05) is 18.5 Å². The molecule has 0 aliphatic heterocycles. The van der Waals surface area contributed by atoms with E-state index in [9.17, 15) is 0 Å². The summed E-state index contributed by atoms with van der Waals surface area (Å²) >= 11 is 5.72. The van der Waals surface area contributed by atoms with E-state index in [2.05, 4.69) is 0 Å². The fourth-order valence-electron chi connectivity index (χ4n) is 0.845. The molecule has 1 N–H and O–H groups in total. The van der Waals surface area contributed by atoms with Crippen LogP contribution in [0, 0.1) is 0 Å². The SMILES string of the molecule is [B]C(O[C@@](C)(CO)COC)[C@H](C)Cl. The standard InChI is InChI=1S/C8H16BClO3/c1-6(10)7(9)13-8(2,4-11)5-12-3/h6-7,11H,4-5H2,1-3H3/t6-,7?,8-/m0/s1. The van der Waals surface area contributed by atoms with E-state index in [0.717, 1.165) is 0 Å². The maximum Gasteiger partial charge on any atom is 0.111 e. The number of methoxy groups -OCH3 is 1. The average Bonchev–Trinajstić information content (AvgIpc) is 2.04. The van der Waals surface area contributed by atoms with E-state index in [4.69, 9.17) is 34.0 Å². The molecule has 0 aromatic heterocycles. The lowest BCUT2D eigenvalue weighted by atomic mass is 9.95. The maximum absolute atomic E-state index is 9.04. The summed E-state index contributed by atoms with van der Waals surface area (Å²) in [6.45, 7) is 3.57. The summed E-state index contributed by atoms with van der Waals surface area (Å²) in [4.78, 5) is 0. The number of hydrogen-bond donors (Lipinski definition) is 1. The Bertz CT molecular complexity index is 145. The van der Waals surface area contributed by atoms with Gasteiger partial charge in [-0.05, 0) is 13.8 Å². The molecule has 3 atom stereocenters. The largest absolute Gasteiger partial charge is 0.393 e. The molecule has 0 saturated carbocycles. The molecule has 76 valence electrons. The van der Waals surface area contributed by atoms with Crippen LogP contribution in [0.15, 0.2) is 0 Å². The predicted molar refractivity (Wildman–Crippen MR) is 53.3 cm³/mol. The number of alkyl halides is 1. The molecule has 1 unspecified atom stereocenters. The summed E-state index contributed by atoms with van der Waals surface area (Å²) in [6, 6.07) is -0.603. The van der Waals surface area contributed by atoms with E-state index in [1.165, 1.54) is 7.11 Å². The van der Waals surface area contributed by atoms with Gasteiger partial charge in [0.05, 0.1) is 13.2 Å². The van der Waals surface area contributed by atoms with Gasteiger partial charge in [-0.25, -0.2) is 0 Å². The van der Waals surface area contributed by atoms with Crippen LogP contribution in [0.2, 0.25) is 0 Å². The highest BCUT2D eigenvalue weighted by atomic mass is 35.5. The monoisotopic (exact) mass is 206 g/mol. The number of aliphatic hydroxyl groups excluding tert-OH is 1. The first-order chi connectivity index (χ1) is 5.95. The van der Waals surface area contributed by atoms with Crippen LogP contribution in [0.4, 0.5) is 0 Å². The van der Waals surface area contributed by atoms with Gasteiger partial charge in [0.2, 0.25) is 0 Å². The maximum atomic E-state index is 9.04. The lowest BCUT2D eigenvalue weighted by Gasteiger charge is -2.31. The summed E-state index contributed by atoms with van der Waals surface area (Å²) in [5.41, 5.74) is -0.780. The third-order valence-electron chi connectivity index (χ3n) is 1.66. The Labute approximate surface area is 85.8 Å². The van der Waals surface area contributed by atoms with Crippen molar-refractivity contribution < 1.29 is 14.6 Å². The number of hydrogen-bond acceptors (Lipinski definition) is 3. The molecule has 0 spiro atoms. The number of halogens is 1. The summed E-state index contributed by atoms with van der Waals surface area (Å²) in [5, 5.41) is 8.74. The first-order valence-corrected chi connectivity index (χ1v) is 4.56. The first kappa shape index (κ1) is 13.2. The highest BCUT2D eigenvalue weighted by Crippen LogP contribution is 2.15. The molecule has 0 aromatic carbocycles. The Morgan fingerprint density at radius 1 is 1.62 bits per heavy atom. The van der Waals surface area contributed by atoms with Gasteiger partial charge in [-0.3, -0.25) is 0 Å². The summed E-state index contributed by atoms with van der Waals surface area (Å²) in [6.07, 6.45) is 0. The van der Waals surface area contributed by atoms with Crippen LogP contribution in [0.3, 0.4) is 0 Å². The molecule has 0 bridgehead atoms. The van der Waals surface area contributed by atoms with Crippen LogP contribution >= 0.6 is 11.6 Å². The van der Waals surface area contributed by atoms with Gasteiger partial charge in [0.1, 0.15) is 13.4 Å². The second-order valence-electron chi connectivity index (χ2n) is 3.30. The van der Waals surface area contributed by atoms with Crippen molar-refractivity contribution >= 4 is 19.4 Å². The minimum Gasteiger partial charge on any atom is -0.393 e. The Morgan fingerprint density at radius 2 is 2.15 bits per heavy atom. The highest BCUT2D eigenvalue weighted by molar-refractivity contribution is 6.26. The minimum atomic E-state index is -0.780. The summed E-state index contributed by atoms with van der Waals surface area (Å²) in [5.74, 6) is 0. The van der Waals surface area contributed by atoms with E-state index in [1.54, 1.807) is 13.8 Å². The van der Waals surface area contributed by atoms with E-state index >= 15 is 0 Å². The Hall–Kier alpha value is 0.235. The number of ether oxygens (including phenoxy) is 2. The molecule has 0 rings (SSSR count). The van der Waals surface area contributed by atoms with Gasteiger partial charge in [-0.1, -0.05) is 0 Å². The van der Waals surface area contributed by atoms with Crippen molar-refractivity contribution in [1.29, 1.82) is 0 Å². The van der Waals surface area contributed by atoms with Crippen LogP contribution in [-0.2, 0) is 9.47 Å². The molecule has 0 heterocycles. The Morgan fingerprint density at radius 3 is 2.46 bits per heavy atom. The van der Waals surface area contributed by atoms with Crippen LogP contribution in [-0.4, -0.2) is 50.3 Å². The molecule has 0 amide bonds. The zero-order valence-electron chi connectivity index (χ0n) is 8.29. The van der Waals surface area contributed by atoms with Crippen molar-refractivity contribution in [2.45, 2.75) is 30.8 Å². The van der Waals surface area contributed by atoms with Crippen LogP contribution in [0.1, 0.15) is 13.8 Å². The van der Waals surface area contributed by atoms with Crippen molar-refractivity contribution in [2.24, 2.45) is 0 Å². The number of rotatable bonds is 6. The van der Waals surface area contributed by atoms with E-state index in [0.29, 0.717) is 0 Å². The quantitative estimate of drug-likeness (QED) is 0.509. The molecule has 2 radical (unpaired) electrons. The van der Waals surface area contributed by atoms with E-state index in [1.807, 2.05) is 0 Å². The van der Waals surface area contributed by atoms with Crippen LogP contribution in [0.5, 0.6) is 0 Å². The fraction of sp³-hybridized carbons (Fsp3) is 1.00. The minimum absolute atomic E-state index is 0.155. The lowest BCUT2D eigenvalue weighted by Crippen LogP contribution is -2.43. The average molecular weight is 206 g/mol. The molecule has 0 aliphatic rings.